The molecule has 6 N–H and O–H groups in total. The average Bonchev–Trinajstić information content (AvgIpc) is 2.28. The number of benzene rings is 1. The lowest BCUT2D eigenvalue weighted by atomic mass is 10.3. The van der Waals surface area contributed by atoms with Crippen molar-refractivity contribution in [2.45, 2.75) is 0 Å². The lowest BCUT2D eigenvalue weighted by Crippen LogP contribution is -2.11. The molecule has 6 nitrogen and oxygen atoms in total. The molecular weight excluding hydrogens is 331 g/mol. The molecule has 1 aromatic carbocycles. The van der Waals surface area contributed by atoms with Crippen LogP contribution < -0.4 is 22.3 Å². The van der Waals surface area contributed by atoms with Gasteiger partial charge in [0.1, 0.15) is 11.6 Å². The first-order valence-corrected chi connectivity index (χ1v) is 5.89. The number of anilines is 4. The molecule has 0 saturated heterocycles. The van der Waals surface area contributed by atoms with Crippen LogP contribution in [-0.4, -0.2) is 9.97 Å². The monoisotopic (exact) mass is 342 g/mol. The number of rotatable bonds is 3. The number of nitrogens with two attached hydrogens (primary N) is 2. The van der Waals surface area contributed by atoms with Crippen molar-refractivity contribution in [1.29, 1.82) is 0 Å². The molecule has 2 rings (SSSR count). The number of hydrazine groups is 1. The molecule has 0 unspecified atom stereocenters. The predicted octanol–water partition coefficient (Wildman–Crippen LogP) is 1.69. The van der Waals surface area contributed by atoms with Crippen molar-refractivity contribution in [3.63, 3.8) is 0 Å². The normalized spacial score (nSPS) is 10.0. The van der Waals surface area contributed by atoms with Gasteiger partial charge >= 0.3 is 0 Å². The topological polar surface area (TPSA) is 102 Å². The zero-order valence-corrected chi connectivity index (χ0v) is 11.0. The van der Waals surface area contributed by atoms with Gasteiger partial charge in [-0.1, -0.05) is 6.07 Å². The highest BCUT2D eigenvalue weighted by Gasteiger charge is 2.02. The lowest BCUT2D eigenvalue weighted by Gasteiger charge is -2.08. The van der Waals surface area contributed by atoms with Crippen LogP contribution in [0.1, 0.15) is 0 Å². The van der Waals surface area contributed by atoms with Gasteiger partial charge in [-0.3, -0.25) is 0 Å². The second kappa shape index (κ2) is 5.15. The zero-order chi connectivity index (χ0) is 12.3. The molecule has 1 heterocycles. The van der Waals surface area contributed by atoms with E-state index in [2.05, 4.69) is 43.3 Å². The molecule has 0 saturated carbocycles. The minimum Gasteiger partial charge on any atom is -0.368 e. The number of hydrogen-bond donors (Lipinski definition) is 4. The smallest absolute Gasteiger partial charge is 0.223 e. The van der Waals surface area contributed by atoms with Crippen molar-refractivity contribution >= 4 is 45.9 Å². The van der Waals surface area contributed by atoms with Gasteiger partial charge in [-0.25, -0.2) is 5.84 Å². The third-order valence-corrected chi connectivity index (χ3v) is 2.66. The van der Waals surface area contributed by atoms with Crippen LogP contribution in [0.25, 0.3) is 0 Å². The van der Waals surface area contributed by atoms with E-state index in [1.165, 1.54) is 0 Å². The highest BCUT2D eigenvalue weighted by atomic mass is 127. The van der Waals surface area contributed by atoms with E-state index < -0.39 is 0 Å². The first-order chi connectivity index (χ1) is 8.17. The van der Waals surface area contributed by atoms with E-state index in [4.69, 9.17) is 11.6 Å². The summed E-state index contributed by atoms with van der Waals surface area (Å²) in [4.78, 5) is 7.96. The molecule has 1 aromatic heterocycles. The van der Waals surface area contributed by atoms with Crippen LogP contribution in [0.4, 0.5) is 23.3 Å². The quantitative estimate of drug-likeness (QED) is 0.385. The second-order valence-electron chi connectivity index (χ2n) is 3.28. The van der Waals surface area contributed by atoms with Gasteiger partial charge in [0.15, 0.2) is 0 Å². The maximum atomic E-state index is 5.56. The summed E-state index contributed by atoms with van der Waals surface area (Å²) in [5.41, 5.74) is 8.92. The Morgan fingerprint density at radius 2 is 1.88 bits per heavy atom. The summed E-state index contributed by atoms with van der Waals surface area (Å²) < 4.78 is 1.13. The Morgan fingerprint density at radius 1 is 1.12 bits per heavy atom. The molecule has 0 aliphatic carbocycles. The number of nitrogens with zero attached hydrogens (tertiary/aromatic N) is 2. The van der Waals surface area contributed by atoms with Gasteiger partial charge in [0.2, 0.25) is 5.95 Å². The Kier molecular flexibility index (Phi) is 3.59. The molecule has 0 aliphatic rings. The van der Waals surface area contributed by atoms with E-state index >= 15 is 0 Å². The molecule has 0 atom stereocenters. The largest absolute Gasteiger partial charge is 0.368 e. The second-order valence-corrected chi connectivity index (χ2v) is 4.52. The van der Waals surface area contributed by atoms with E-state index in [1.807, 2.05) is 24.3 Å². The van der Waals surface area contributed by atoms with Crippen LogP contribution in [0, 0.1) is 3.57 Å². The number of hydrogen-bond acceptors (Lipinski definition) is 6. The third kappa shape index (κ3) is 3.17. The molecule has 0 spiro atoms. The van der Waals surface area contributed by atoms with Crippen molar-refractivity contribution < 1.29 is 0 Å². The molecule has 7 heteroatoms. The maximum Gasteiger partial charge on any atom is 0.223 e. The van der Waals surface area contributed by atoms with E-state index in [0.717, 1.165) is 9.26 Å². The molecular formula is C10H11IN6. The summed E-state index contributed by atoms with van der Waals surface area (Å²) in [6.45, 7) is 0. The summed E-state index contributed by atoms with van der Waals surface area (Å²) in [5, 5.41) is 3.13. The fourth-order valence-electron chi connectivity index (χ4n) is 1.32. The van der Waals surface area contributed by atoms with Crippen LogP contribution in [0.2, 0.25) is 0 Å². The SMILES string of the molecule is NNc1cc(Nc2cccc(I)c2)nc(N)n1. The molecule has 0 bridgehead atoms. The van der Waals surface area contributed by atoms with Crippen molar-refractivity contribution in [2.24, 2.45) is 5.84 Å². The van der Waals surface area contributed by atoms with Gasteiger partial charge in [-0.2, -0.15) is 9.97 Å². The first kappa shape index (κ1) is 11.9. The van der Waals surface area contributed by atoms with E-state index in [-0.39, 0.29) is 5.95 Å². The number of aromatic nitrogens is 2. The molecule has 88 valence electrons. The summed E-state index contributed by atoms with van der Waals surface area (Å²) in [6, 6.07) is 9.57. The Labute approximate surface area is 112 Å². The lowest BCUT2D eigenvalue weighted by molar-refractivity contribution is 1.15. The summed E-state index contributed by atoms with van der Waals surface area (Å²) in [6.07, 6.45) is 0. The Bertz CT molecular complexity index is 530. The highest BCUT2D eigenvalue weighted by Crippen LogP contribution is 2.19. The predicted molar refractivity (Wildman–Crippen MR) is 76.7 cm³/mol. The third-order valence-electron chi connectivity index (χ3n) is 1.99. The van der Waals surface area contributed by atoms with Gasteiger partial charge in [-0.05, 0) is 40.8 Å². The number of nitrogens with one attached hydrogen (secondary N) is 2. The van der Waals surface area contributed by atoms with Crippen molar-refractivity contribution in [3.05, 3.63) is 33.9 Å². The average molecular weight is 342 g/mol. The van der Waals surface area contributed by atoms with E-state index in [0.29, 0.717) is 11.6 Å². The van der Waals surface area contributed by atoms with Crippen LogP contribution in [0.15, 0.2) is 30.3 Å². The van der Waals surface area contributed by atoms with Crippen molar-refractivity contribution in [2.75, 3.05) is 16.5 Å². The molecule has 2 aromatic rings. The maximum absolute atomic E-state index is 5.56. The van der Waals surface area contributed by atoms with Crippen LogP contribution in [-0.2, 0) is 0 Å². The minimum absolute atomic E-state index is 0.161. The summed E-state index contributed by atoms with van der Waals surface area (Å²) in [5.74, 6) is 6.49. The number of halogens is 1. The Balaban J connectivity index is 2.26. The zero-order valence-electron chi connectivity index (χ0n) is 8.81. The standard InChI is InChI=1S/C10H11IN6/c11-6-2-1-3-7(4-6)14-8-5-9(17-13)16-10(12)15-8/h1-5H,13H2,(H4,12,14,15,16,17). The molecule has 0 radical (unpaired) electrons. The van der Waals surface area contributed by atoms with Gasteiger partial charge in [0.05, 0.1) is 0 Å². The Morgan fingerprint density at radius 3 is 2.59 bits per heavy atom. The highest BCUT2D eigenvalue weighted by molar-refractivity contribution is 14.1. The molecule has 0 aliphatic heterocycles. The van der Waals surface area contributed by atoms with Gasteiger partial charge in [0, 0.05) is 15.3 Å². The molecule has 17 heavy (non-hydrogen) atoms. The summed E-state index contributed by atoms with van der Waals surface area (Å²) in [7, 11) is 0. The minimum atomic E-state index is 0.161. The molecule has 0 fully saturated rings. The number of nitrogen functional groups attached to an aromatic ring is 2. The van der Waals surface area contributed by atoms with Gasteiger partial charge in [0.25, 0.3) is 0 Å². The Hall–Kier alpha value is -1.61. The van der Waals surface area contributed by atoms with E-state index in [1.54, 1.807) is 6.07 Å². The van der Waals surface area contributed by atoms with Crippen LogP contribution in [0.3, 0.4) is 0 Å². The molecule has 0 amide bonds. The van der Waals surface area contributed by atoms with Crippen LogP contribution in [0.5, 0.6) is 0 Å². The van der Waals surface area contributed by atoms with Crippen LogP contribution >= 0.6 is 22.6 Å². The van der Waals surface area contributed by atoms with E-state index in [9.17, 15) is 0 Å². The first-order valence-electron chi connectivity index (χ1n) is 4.81. The summed E-state index contributed by atoms with van der Waals surface area (Å²) >= 11 is 2.24. The van der Waals surface area contributed by atoms with Gasteiger partial charge in [-0.15, -0.1) is 0 Å². The van der Waals surface area contributed by atoms with Gasteiger partial charge < -0.3 is 16.5 Å². The van der Waals surface area contributed by atoms with Crippen molar-refractivity contribution in [1.82, 2.24) is 9.97 Å². The fourth-order valence-corrected chi connectivity index (χ4v) is 1.86. The fraction of sp³-hybridized carbons (Fsp3) is 0. The van der Waals surface area contributed by atoms with Crippen molar-refractivity contribution in [3.8, 4) is 0 Å².